The highest BCUT2D eigenvalue weighted by Gasteiger charge is 2.51. The summed E-state index contributed by atoms with van der Waals surface area (Å²) in [7, 11) is 1.84. The Morgan fingerprint density at radius 2 is 2.00 bits per heavy atom. The van der Waals surface area contributed by atoms with Gasteiger partial charge in [0.15, 0.2) is 4.34 Å². The van der Waals surface area contributed by atoms with Crippen molar-refractivity contribution in [2.45, 2.75) is 29.3 Å². The topological polar surface area (TPSA) is 128 Å². The van der Waals surface area contributed by atoms with E-state index < -0.39 is 17.8 Å². The summed E-state index contributed by atoms with van der Waals surface area (Å²) in [5, 5.41) is 26.0. The average Bonchev–Trinajstić information content (AvgIpc) is 3.53. The number of pyridine rings is 1. The number of carboxylic acid groups (broad SMARTS) is 1. The zero-order valence-corrected chi connectivity index (χ0v) is 20.7. The molecule has 1 fully saturated rings. The molecule has 178 valence electrons. The fourth-order valence-corrected chi connectivity index (χ4v) is 7.27. The van der Waals surface area contributed by atoms with Crippen LogP contribution < -0.4 is 10.6 Å². The fourth-order valence-electron chi connectivity index (χ4n) is 5.08. The average molecular weight is 506 g/mol. The molecule has 2 heterocycles. The summed E-state index contributed by atoms with van der Waals surface area (Å²) in [6.45, 7) is 2.47. The van der Waals surface area contributed by atoms with Gasteiger partial charge in [0.2, 0.25) is 5.91 Å². The summed E-state index contributed by atoms with van der Waals surface area (Å²) < 4.78 is 1.63. The quantitative estimate of drug-likeness (QED) is 0.408. The summed E-state index contributed by atoms with van der Waals surface area (Å²) in [6, 6.07) is 9.65. The number of anilines is 1. The Balaban J connectivity index is 1.37. The summed E-state index contributed by atoms with van der Waals surface area (Å²) in [5.41, 5.74) is 3.66. The molecular weight excluding hydrogens is 482 g/mol. The van der Waals surface area contributed by atoms with Crippen LogP contribution in [0.5, 0.6) is 0 Å². The molecule has 2 aliphatic rings. The Morgan fingerprint density at radius 3 is 2.71 bits per heavy atom. The van der Waals surface area contributed by atoms with Crippen molar-refractivity contribution in [1.82, 2.24) is 15.3 Å². The van der Waals surface area contributed by atoms with Crippen molar-refractivity contribution in [3.05, 3.63) is 53.2 Å². The number of fused-ring (bicyclic) bond motifs is 3. The number of aliphatic carboxylic acids is 1. The summed E-state index contributed by atoms with van der Waals surface area (Å²) in [5.74, 6) is -2.51. The van der Waals surface area contributed by atoms with Crippen LogP contribution in [0.4, 0.5) is 5.69 Å². The number of nitrogens with zero attached hydrogens (tertiary/aromatic N) is 3. The number of hydrogen-bond donors (Lipinski definition) is 3. The number of carboxylic acids is 1. The smallest absolute Gasteiger partial charge is 0.307 e. The maximum Gasteiger partial charge on any atom is 0.307 e. The van der Waals surface area contributed by atoms with E-state index in [0.717, 1.165) is 32.2 Å². The molecule has 3 N–H and O–H groups in total. The first-order chi connectivity index (χ1) is 16.9. The van der Waals surface area contributed by atoms with Crippen molar-refractivity contribution >= 4 is 50.9 Å². The van der Waals surface area contributed by atoms with Gasteiger partial charge in [-0.2, -0.15) is 5.26 Å². The Morgan fingerprint density at radius 1 is 1.23 bits per heavy atom. The minimum absolute atomic E-state index is 0.0276. The van der Waals surface area contributed by atoms with E-state index >= 15 is 0 Å². The number of thiazole rings is 1. The zero-order chi connectivity index (χ0) is 24.7. The maximum atomic E-state index is 13.0. The van der Waals surface area contributed by atoms with Crippen molar-refractivity contribution < 1.29 is 14.7 Å². The molecule has 2 aliphatic carbocycles. The molecule has 0 unspecified atom stereocenters. The molecule has 10 heteroatoms. The van der Waals surface area contributed by atoms with E-state index in [1.807, 2.05) is 44.3 Å². The number of hydrogen-bond acceptors (Lipinski definition) is 8. The molecule has 1 amide bonds. The van der Waals surface area contributed by atoms with Gasteiger partial charge in [-0.1, -0.05) is 12.2 Å². The predicted octanol–water partition coefficient (Wildman–Crippen LogP) is 4.20. The number of nitrogens with one attached hydrogen (secondary N) is 2. The first-order valence-corrected chi connectivity index (χ1v) is 12.9. The SMILES string of the molecule is CNCc1cc(C)nc(Sc2nc3ccc(NC(=O)[C@H]4[C@@H](C(=O)O)[C@H]5C=C[C@H]4C5)cc3s2)c1C#N. The van der Waals surface area contributed by atoms with Gasteiger partial charge < -0.3 is 15.7 Å². The molecule has 2 bridgehead atoms. The summed E-state index contributed by atoms with van der Waals surface area (Å²) in [4.78, 5) is 34.0. The number of carbonyl (C=O) groups is 2. The largest absolute Gasteiger partial charge is 0.481 e. The number of rotatable bonds is 7. The third-order valence-corrected chi connectivity index (χ3v) is 8.61. The number of benzene rings is 1. The minimum atomic E-state index is -0.916. The van der Waals surface area contributed by atoms with Gasteiger partial charge in [-0.05, 0) is 73.8 Å². The Labute approximate surface area is 210 Å². The van der Waals surface area contributed by atoms with E-state index in [-0.39, 0.29) is 17.7 Å². The van der Waals surface area contributed by atoms with Crippen molar-refractivity contribution in [3.8, 4) is 6.07 Å². The zero-order valence-electron chi connectivity index (χ0n) is 19.1. The molecule has 2 aromatic heterocycles. The van der Waals surface area contributed by atoms with Crippen LogP contribution in [0.2, 0.25) is 0 Å². The molecule has 5 rings (SSSR count). The lowest BCUT2D eigenvalue weighted by Gasteiger charge is -2.23. The molecule has 0 spiro atoms. The number of amides is 1. The highest BCUT2D eigenvalue weighted by Crippen LogP contribution is 2.48. The minimum Gasteiger partial charge on any atom is -0.481 e. The van der Waals surface area contributed by atoms with Crippen LogP contribution in [-0.2, 0) is 16.1 Å². The third kappa shape index (κ3) is 4.43. The monoisotopic (exact) mass is 505 g/mol. The van der Waals surface area contributed by atoms with Crippen LogP contribution in [0.15, 0.2) is 45.8 Å². The number of aryl methyl sites for hydroxylation is 1. The summed E-state index contributed by atoms with van der Waals surface area (Å²) >= 11 is 2.81. The van der Waals surface area contributed by atoms with E-state index in [9.17, 15) is 20.0 Å². The number of carbonyl (C=O) groups excluding carboxylic acids is 1. The first kappa shape index (κ1) is 23.5. The predicted molar refractivity (Wildman–Crippen MR) is 134 cm³/mol. The molecule has 35 heavy (non-hydrogen) atoms. The van der Waals surface area contributed by atoms with E-state index in [1.165, 1.54) is 23.1 Å². The van der Waals surface area contributed by atoms with Gasteiger partial charge in [-0.15, -0.1) is 11.3 Å². The van der Waals surface area contributed by atoms with Gasteiger partial charge in [-0.3, -0.25) is 9.59 Å². The van der Waals surface area contributed by atoms with Crippen molar-refractivity contribution in [2.24, 2.45) is 23.7 Å². The van der Waals surface area contributed by atoms with Gasteiger partial charge in [0.1, 0.15) is 11.1 Å². The number of allylic oxidation sites excluding steroid dienone is 2. The highest BCUT2D eigenvalue weighted by molar-refractivity contribution is 8.01. The van der Waals surface area contributed by atoms with Crippen molar-refractivity contribution in [2.75, 3.05) is 12.4 Å². The second-order valence-electron chi connectivity index (χ2n) is 8.84. The van der Waals surface area contributed by atoms with Crippen molar-refractivity contribution in [3.63, 3.8) is 0 Å². The molecule has 0 radical (unpaired) electrons. The van der Waals surface area contributed by atoms with E-state index in [2.05, 4.69) is 26.7 Å². The molecule has 1 saturated carbocycles. The fraction of sp³-hybridized carbons (Fsp3) is 0.320. The maximum absolute atomic E-state index is 13.0. The molecule has 4 atom stereocenters. The third-order valence-electron chi connectivity index (χ3n) is 6.54. The molecule has 0 aliphatic heterocycles. The van der Waals surface area contributed by atoms with Gasteiger partial charge in [0.25, 0.3) is 0 Å². The number of aromatic nitrogens is 2. The standard InChI is InChI=1S/C25H23N5O3S2/c1-12-7-15(11-27-2)17(10-26)23(28-12)35-25-30-18-6-5-16(9-19(18)34-25)29-22(31)20-13-3-4-14(8-13)21(20)24(32)33/h3-7,9,13-14,20-21,27H,8,11H2,1-2H3,(H,29,31)(H,32,33)/t13-,14-,20+,21-/m0/s1. The lowest BCUT2D eigenvalue weighted by atomic mass is 9.82. The molecular formula is C25H23N5O3S2. The number of nitriles is 1. The van der Waals surface area contributed by atoms with Crippen LogP contribution in [-0.4, -0.2) is 34.0 Å². The summed E-state index contributed by atoms with van der Waals surface area (Å²) in [6.07, 6.45) is 4.62. The molecule has 8 nitrogen and oxygen atoms in total. The van der Waals surface area contributed by atoms with Gasteiger partial charge in [-0.25, -0.2) is 9.97 Å². The van der Waals surface area contributed by atoms with Crippen LogP contribution >= 0.6 is 23.1 Å². The second kappa shape index (κ2) is 9.41. The first-order valence-electron chi connectivity index (χ1n) is 11.2. The normalized spacial score (nSPS) is 22.4. The van der Waals surface area contributed by atoms with Crippen LogP contribution in [0, 0.1) is 41.9 Å². The van der Waals surface area contributed by atoms with Crippen LogP contribution in [0.1, 0.15) is 23.2 Å². The molecule has 1 aromatic carbocycles. The Hall–Kier alpha value is -3.26. The lowest BCUT2D eigenvalue weighted by molar-refractivity contribution is -0.146. The van der Waals surface area contributed by atoms with Crippen LogP contribution in [0.3, 0.4) is 0 Å². The lowest BCUT2D eigenvalue weighted by Crippen LogP contribution is -2.36. The molecule has 3 aromatic rings. The van der Waals surface area contributed by atoms with E-state index in [0.29, 0.717) is 22.8 Å². The highest BCUT2D eigenvalue weighted by atomic mass is 32.2. The molecule has 0 saturated heterocycles. The van der Waals surface area contributed by atoms with Crippen LogP contribution in [0.25, 0.3) is 10.2 Å². The Bertz CT molecular complexity index is 1410. The Kier molecular flexibility index (Phi) is 6.32. The van der Waals surface area contributed by atoms with Gasteiger partial charge >= 0.3 is 5.97 Å². The van der Waals surface area contributed by atoms with E-state index in [1.54, 1.807) is 6.07 Å². The van der Waals surface area contributed by atoms with Gasteiger partial charge in [0.05, 0.1) is 27.6 Å². The second-order valence-corrected chi connectivity index (χ2v) is 11.1. The van der Waals surface area contributed by atoms with Gasteiger partial charge in [0, 0.05) is 17.9 Å². The van der Waals surface area contributed by atoms with E-state index in [4.69, 9.17) is 0 Å². The van der Waals surface area contributed by atoms with Crippen molar-refractivity contribution in [1.29, 1.82) is 5.26 Å².